The van der Waals surface area contributed by atoms with Gasteiger partial charge in [-0.3, -0.25) is 4.79 Å². The average molecular weight is 279 g/mol. The van der Waals surface area contributed by atoms with E-state index in [1.54, 1.807) is 12.1 Å². The number of pyridine rings is 1. The molecule has 0 fully saturated rings. The summed E-state index contributed by atoms with van der Waals surface area (Å²) in [5.41, 5.74) is 0.452. The minimum absolute atomic E-state index is 0.191. The average Bonchev–Trinajstić information content (AvgIpc) is 2.38. The van der Waals surface area contributed by atoms with E-state index in [0.717, 1.165) is 0 Å². The first-order valence-electron chi connectivity index (χ1n) is 6.67. The van der Waals surface area contributed by atoms with E-state index in [4.69, 9.17) is 5.11 Å². The number of carboxylic acid groups (broad SMARTS) is 1. The molecule has 6 heteroatoms. The van der Waals surface area contributed by atoms with E-state index in [2.05, 4.69) is 15.6 Å². The third kappa shape index (κ3) is 4.87. The molecule has 0 radical (unpaired) electrons. The second-order valence-electron chi connectivity index (χ2n) is 4.96. The predicted molar refractivity (Wildman–Crippen MR) is 76.7 cm³/mol. The second kappa shape index (κ2) is 7.47. The summed E-state index contributed by atoms with van der Waals surface area (Å²) in [4.78, 5) is 26.8. The van der Waals surface area contributed by atoms with Gasteiger partial charge >= 0.3 is 5.97 Å². The number of aromatic nitrogens is 1. The monoisotopic (exact) mass is 279 g/mol. The predicted octanol–water partition coefficient (Wildman–Crippen LogP) is 1.74. The van der Waals surface area contributed by atoms with E-state index in [1.807, 2.05) is 20.8 Å². The molecule has 1 amide bonds. The van der Waals surface area contributed by atoms with Crippen LogP contribution in [-0.2, 0) is 4.79 Å². The van der Waals surface area contributed by atoms with Crippen LogP contribution >= 0.6 is 0 Å². The fraction of sp³-hybridized carbons (Fsp3) is 0.500. The Balaban J connectivity index is 2.72. The van der Waals surface area contributed by atoms with Crippen molar-refractivity contribution in [3.8, 4) is 0 Å². The van der Waals surface area contributed by atoms with Crippen LogP contribution in [0.3, 0.4) is 0 Å². The number of nitrogens with one attached hydrogen (secondary N) is 2. The molecule has 0 aliphatic heterocycles. The van der Waals surface area contributed by atoms with E-state index < -0.39 is 12.0 Å². The van der Waals surface area contributed by atoms with Crippen molar-refractivity contribution in [1.82, 2.24) is 10.3 Å². The van der Waals surface area contributed by atoms with Crippen LogP contribution < -0.4 is 10.6 Å². The zero-order valence-electron chi connectivity index (χ0n) is 12.0. The number of carboxylic acids is 1. The highest BCUT2D eigenvalue weighted by molar-refractivity contribution is 5.94. The number of nitrogens with zero attached hydrogens (tertiary/aromatic N) is 1. The molecule has 1 aromatic rings. The molecule has 0 spiro atoms. The number of carbonyl (C=O) groups is 2. The molecule has 0 saturated heterocycles. The number of anilines is 1. The summed E-state index contributed by atoms with van der Waals surface area (Å²) in [5, 5.41) is 14.7. The van der Waals surface area contributed by atoms with Gasteiger partial charge in [0.25, 0.3) is 5.91 Å². The van der Waals surface area contributed by atoms with Crippen molar-refractivity contribution in [3.05, 3.63) is 23.9 Å². The second-order valence-corrected chi connectivity index (χ2v) is 4.96. The van der Waals surface area contributed by atoms with Crippen molar-refractivity contribution in [2.75, 3.05) is 11.9 Å². The van der Waals surface area contributed by atoms with Crippen molar-refractivity contribution in [1.29, 1.82) is 0 Å². The number of hydrogen-bond donors (Lipinski definition) is 3. The first-order valence-corrected chi connectivity index (χ1v) is 6.67. The highest BCUT2D eigenvalue weighted by Gasteiger charge is 2.19. The Labute approximate surface area is 118 Å². The topological polar surface area (TPSA) is 91.3 Å². The zero-order chi connectivity index (χ0) is 15.1. The number of amides is 1. The van der Waals surface area contributed by atoms with Crippen LogP contribution in [0.2, 0.25) is 0 Å². The minimum Gasteiger partial charge on any atom is -0.480 e. The van der Waals surface area contributed by atoms with Gasteiger partial charge in [-0.2, -0.15) is 0 Å². The Morgan fingerprint density at radius 3 is 2.50 bits per heavy atom. The van der Waals surface area contributed by atoms with E-state index >= 15 is 0 Å². The maximum Gasteiger partial charge on any atom is 0.326 e. The third-order valence-electron chi connectivity index (χ3n) is 2.69. The molecule has 1 atom stereocenters. The van der Waals surface area contributed by atoms with Gasteiger partial charge in [0, 0.05) is 12.7 Å². The fourth-order valence-corrected chi connectivity index (χ4v) is 1.75. The van der Waals surface area contributed by atoms with Gasteiger partial charge in [-0.15, -0.1) is 0 Å². The van der Waals surface area contributed by atoms with Crippen molar-refractivity contribution in [2.45, 2.75) is 33.2 Å². The minimum atomic E-state index is -0.909. The molecule has 1 heterocycles. The highest BCUT2D eigenvalue weighted by Crippen LogP contribution is 2.12. The third-order valence-corrected chi connectivity index (χ3v) is 2.69. The van der Waals surface area contributed by atoms with E-state index in [9.17, 15) is 9.59 Å². The van der Waals surface area contributed by atoms with Crippen molar-refractivity contribution >= 4 is 17.7 Å². The molecule has 0 bridgehead atoms. The molecule has 0 aromatic carbocycles. The summed E-state index contributed by atoms with van der Waals surface area (Å²) < 4.78 is 0. The molecule has 0 aliphatic carbocycles. The molecular formula is C14H21N3O3. The summed E-state index contributed by atoms with van der Waals surface area (Å²) in [6.45, 7) is 6.31. The van der Waals surface area contributed by atoms with Crippen LogP contribution in [0.25, 0.3) is 0 Å². The van der Waals surface area contributed by atoms with Gasteiger partial charge in [0.1, 0.15) is 11.9 Å². The lowest BCUT2D eigenvalue weighted by atomic mass is 10.0. The lowest BCUT2D eigenvalue weighted by molar-refractivity contribution is -0.138. The van der Waals surface area contributed by atoms with E-state index in [1.165, 1.54) is 6.20 Å². The standard InChI is InChI=1S/C14H21N3O3/c1-4-15-13(18)10-5-6-12(16-8-10)17-11(14(19)20)7-9(2)3/h5-6,8-9,11H,4,7H2,1-3H3,(H,15,18)(H,16,17)(H,19,20)/t11-/m0/s1. The fourth-order valence-electron chi connectivity index (χ4n) is 1.75. The molecule has 3 N–H and O–H groups in total. The maximum atomic E-state index is 11.6. The molecule has 6 nitrogen and oxygen atoms in total. The smallest absolute Gasteiger partial charge is 0.326 e. The molecule has 0 aliphatic rings. The lowest BCUT2D eigenvalue weighted by Gasteiger charge is -2.17. The summed E-state index contributed by atoms with van der Waals surface area (Å²) in [6, 6.07) is 2.55. The summed E-state index contributed by atoms with van der Waals surface area (Å²) in [7, 11) is 0. The largest absolute Gasteiger partial charge is 0.480 e. The first-order chi connectivity index (χ1) is 9.43. The summed E-state index contributed by atoms with van der Waals surface area (Å²) in [5.74, 6) is -0.388. The van der Waals surface area contributed by atoms with Crippen LogP contribution in [0, 0.1) is 5.92 Å². The quantitative estimate of drug-likeness (QED) is 0.707. The first kappa shape index (κ1) is 15.9. The number of rotatable bonds is 7. The zero-order valence-corrected chi connectivity index (χ0v) is 12.0. The maximum absolute atomic E-state index is 11.6. The van der Waals surface area contributed by atoms with Crippen LogP contribution in [0.15, 0.2) is 18.3 Å². The van der Waals surface area contributed by atoms with Gasteiger partial charge in [0.2, 0.25) is 0 Å². The molecular weight excluding hydrogens is 258 g/mol. The molecule has 110 valence electrons. The van der Waals surface area contributed by atoms with E-state index in [0.29, 0.717) is 24.3 Å². The lowest BCUT2D eigenvalue weighted by Crippen LogP contribution is -2.31. The van der Waals surface area contributed by atoms with Gasteiger partial charge in [-0.25, -0.2) is 9.78 Å². The van der Waals surface area contributed by atoms with Crippen LogP contribution in [-0.4, -0.2) is 34.6 Å². The van der Waals surface area contributed by atoms with Crippen molar-refractivity contribution in [3.63, 3.8) is 0 Å². The molecule has 1 aromatic heterocycles. The number of aliphatic carboxylic acids is 1. The Morgan fingerprint density at radius 2 is 2.05 bits per heavy atom. The van der Waals surface area contributed by atoms with Crippen molar-refractivity contribution in [2.24, 2.45) is 5.92 Å². The molecule has 20 heavy (non-hydrogen) atoms. The van der Waals surface area contributed by atoms with Crippen molar-refractivity contribution < 1.29 is 14.7 Å². The van der Waals surface area contributed by atoms with Gasteiger partial charge < -0.3 is 15.7 Å². The Kier molecular flexibility index (Phi) is 5.96. The van der Waals surface area contributed by atoms with Gasteiger partial charge in [-0.05, 0) is 31.4 Å². The van der Waals surface area contributed by atoms with Crippen LogP contribution in [0.4, 0.5) is 5.82 Å². The van der Waals surface area contributed by atoms with Gasteiger partial charge in [0.15, 0.2) is 0 Å². The number of hydrogen-bond acceptors (Lipinski definition) is 4. The van der Waals surface area contributed by atoms with Crippen LogP contribution in [0.1, 0.15) is 37.6 Å². The van der Waals surface area contributed by atoms with Crippen LogP contribution in [0.5, 0.6) is 0 Å². The molecule has 0 saturated carbocycles. The normalized spacial score (nSPS) is 12.0. The summed E-state index contributed by atoms with van der Waals surface area (Å²) >= 11 is 0. The van der Waals surface area contributed by atoms with Gasteiger partial charge in [-0.1, -0.05) is 13.8 Å². The SMILES string of the molecule is CCNC(=O)c1ccc(N[C@@H](CC(C)C)C(=O)O)nc1. The summed E-state index contributed by atoms with van der Waals surface area (Å²) in [6.07, 6.45) is 1.94. The Hall–Kier alpha value is -2.11. The molecule has 0 unspecified atom stereocenters. The highest BCUT2D eigenvalue weighted by atomic mass is 16.4. The Morgan fingerprint density at radius 1 is 1.35 bits per heavy atom. The van der Waals surface area contributed by atoms with E-state index in [-0.39, 0.29) is 11.8 Å². The van der Waals surface area contributed by atoms with Gasteiger partial charge in [0.05, 0.1) is 5.56 Å². The number of carbonyl (C=O) groups excluding carboxylic acids is 1. The Bertz CT molecular complexity index is 457. The molecule has 1 rings (SSSR count).